The molecule has 0 aliphatic carbocycles. The molecule has 26 heavy (non-hydrogen) atoms. The van der Waals surface area contributed by atoms with E-state index in [0.717, 1.165) is 12.3 Å². The maximum Gasteiger partial charge on any atom is 0.417 e. The van der Waals surface area contributed by atoms with E-state index in [1.54, 1.807) is 12.1 Å². The van der Waals surface area contributed by atoms with Gasteiger partial charge in [-0.1, -0.05) is 11.6 Å². The maximum absolute atomic E-state index is 12.5. The standard InChI is InChI=1S/C17H17ClF3N3O2/c1-3-25-14-8-11(7-13(18)16(14)26-4-2)9-23-24-15-6-5-12(10-22-15)17(19,20)21/h5-10H,3-4H2,1-2H3,(H,22,24)/b23-9-. The van der Waals surface area contributed by atoms with Gasteiger partial charge in [0.05, 0.1) is 30.0 Å². The molecule has 0 aliphatic rings. The van der Waals surface area contributed by atoms with Gasteiger partial charge in [0.15, 0.2) is 11.5 Å². The fraction of sp³-hybridized carbons (Fsp3) is 0.294. The number of hydrogen-bond donors (Lipinski definition) is 1. The van der Waals surface area contributed by atoms with E-state index in [9.17, 15) is 13.2 Å². The van der Waals surface area contributed by atoms with Crippen molar-refractivity contribution in [1.29, 1.82) is 0 Å². The number of pyridine rings is 1. The lowest BCUT2D eigenvalue weighted by molar-refractivity contribution is -0.137. The van der Waals surface area contributed by atoms with Gasteiger partial charge in [-0.15, -0.1) is 0 Å². The van der Waals surface area contributed by atoms with E-state index in [1.165, 1.54) is 12.3 Å². The molecule has 1 N–H and O–H groups in total. The Hall–Kier alpha value is -2.48. The Morgan fingerprint density at radius 2 is 1.92 bits per heavy atom. The SMILES string of the molecule is CCOc1cc(/C=N\Nc2ccc(C(F)(F)F)cn2)cc(Cl)c1OCC. The fourth-order valence-corrected chi connectivity index (χ4v) is 2.28. The number of nitrogens with zero attached hydrogens (tertiary/aromatic N) is 2. The number of rotatable bonds is 7. The molecular weight excluding hydrogens is 371 g/mol. The Morgan fingerprint density at radius 1 is 1.19 bits per heavy atom. The van der Waals surface area contributed by atoms with Crippen LogP contribution in [0, 0.1) is 0 Å². The number of hydrogen-bond acceptors (Lipinski definition) is 5. The van der Waals surface area contributed by atoms with Crippen LogP contribution in [-0.2, 0) is 6.18 Å². The van der Waals surface area contributed by atoms with Crippen LogP contribution in [-0.4, -0.2) is 24.4 Å². The second-order valence-electron chi connectivity index (χ2n) is 5.00. The zero-order valence-electron chi connectivity index (χ0n) is 14.1. The van der Waals surface area contributed by atoms with E-state index in [2.05, 4.69) is 15.5 Å². The molecule has 2 aromatic rings. The lowest BCUT2D eigenvalue weighted by Gasteiger charge is -2.13. The summed E-state index contributed by atoms with van der Waals surface area (Å²) in [5, 5.41) is 4.32. The summed E-state index contributed by atoms with van der Waals surface area (Å²) < 4.78 is 48.5. The van der Waals surface area contributed by atoms with Gasteiger partial charge in [0.2, 0.25) is 0 Å². The third-order valence-electron chi connectivity index (χ3n) is 3.10. The molecule has 0 radical (unpaired) electrons. The first-order valence-corrected chi connectivity index (χ1v) is 8.14. The molecule has 0 atom stereocenters. The van der Waals surface area contributed by atoms with Gasteiger partial charge in [-0.25, -0.2) is 4.98 Å². The second kappa shape index (κ2) is 8.75. The maximum atomic E-state index is 12.5. The van der Waals surface area contributed by atoms with Gasteiger partial charge in [0, 0.05) is 6.20 Å². The second-order valence-corrected chi connectivity index (χ2v) is 5.40. The molecule has 1 heterocycles. The zero-order valence-corrected chi connectivity index (χ0v) is 14.9. The number of halogens is 4. The number of nitrogens with one attached hydrogen (secondary N) is 1. The van der Waals surface area contributed by atoms with E-state index >= 15 is 0 Å². The molecule has 0 saturated heterocycles. The van der Waals surface area contributed by atoms with Crippen LogP contribution in [0.3, 0.4) is 0 Å². The van der Waals surface area contributed by atoms with Crippen LogP contribution < -0.4 is 14.9 Å². The molecule has 1 aromatic heterocycles. The van der Waals surface area contributed by atoms with E-state index in [-0.39, 0.29) is 5.82 Å². The fourth-order valence-electron chi connectivity index (χ4n) is 2.01. The van der Waals surface area contributed by atoms with Crippen LogP contribution in [0.1, 0.15) is 25.0 Å². The number of benzene rings is 1. The minimum Gasteiger partial charge on any atom is -0.490 e. The summed E-state index contributed by atoms with van der Waals surface area (Å²) in [6.07, 6.45) is -2.24. The smallest absolute Gasteiger partial charge is 0.417 e. The Balaban J connectivity index is 2.12. The highest BCUT2D eigenvalue weighted by molar-refractivity contribution is 6.32. The third kappa shape index (κ3) is 5.26. The van der Waals surface area contributed by atoms with E-state index in [1.807, 2.05) is 13.8 Å². The number of aromatic nitrogens is 1. The lowest BCUT2D eigenvalue weighted by Crippen LogP contribution is -2.05. The van der Waals surface area contributed by atoms with E-state index in [0.29, 0.717) is 35.3 Å². The van der Waals surface area contributed by atoms with Crippen molar-refractivity contribution in [2.24, 2.45) is 5.10 Å². The molecule has 0 bridgehead atoms. The normalized spacial score (nSPS) is 11.6. The highest BCUT2D eigenvalue weighted by Gasteiger charge is 2.30. The van der Waals surface area contributed by atoms with E-state index < -0.39 is 11.7 Å². The molecule has 0 saturated carbocycles. The van der Waals surface area contributed by atoms with Crippen LogP contribution in [0.4, 0.5) is 19.0 Å². The molecule has 0 aliphatic heterocycles. The predicted octanol–water partition coefficient (Wildman–Crippen LogP) is 5.00. The summed E-state index contributed by atoms with van der Waals surface area (Å²) in [6, 6.07) is 5.45. The summed E-state index contributed by atoms with van der Waals surface area (Å²) in [6.45, 7) is 4.55. The van der Waals surface area contributed by atoms with Gasteiger partial charge in [0.25, 0.3) is 0 Å². The minimum atomic E-state index is -4.43. The number of alkyl halides is 3. The molecule has 0 unspecified atom stereocenters. The molecule has 9 heteroatoms. The number of ether oxygens (including phenoxy) is 2. The molecule has 140 valence electrons. The van der Waals surface area contributed by atoms with Crippen molar-refractivity contribution in [2.45, 2.75) is 20.0 Å². The highest BCUT2D eigenvalue weighted by atomic mass is 35.5. The molecule has 0 amide bonds. The minimum absolute atomic E-state index is 0.177. The van der Waals surface area contributed by atoms with Crippen molar-refractivity contribution in [1.82, 2.24) is 4.98 Å². The van der Waals surface area contributed by atoms with Crippen LogP contribution >= 0.6 is 11.6 Å². The highest BCUT2D eigenvalue weighted by Crippen LogP contribution is 2.36. The van der Waals surface area contributed by atoms with Crippen molar-refractivity contribution >= 4 is 23.6 Å². The summed E-state index contributed by atoms with van der Waals surface area (Å²) in [5.41, 5.74) is 2.36. The van der Waals surface area contributed by atoms with Gasteiger partial charge in [-0.05, 0) is 43.7 Å². The van der Waals surface area contributed by atoms with Crippen LogP contribution in [0.5, 0.6) is 11.5 Å². The first-order chi connectivity index (χ1) is 12.3. The van der Waals surface area contributed by atoms with Gasteiger partial charge < -0.3 is 9.47 Å². The first kappa shape index (κ1) is 19.8. The summed E-state index contributed by atoms with van der Waals surface area (Å²) >= 11 is 6.20. The average molecular weight is 388 g/mol. The van der Waals surface area contributed by atoms with Crippen molar-refractivity contribution in [3.05, 3.63) is 46.6 Å². The zero-order chi connectivity index (χ0) is 19.2. The van der Waals surface area contributed by atoms with E-state index in [4.69, 9.17) is 21.1 Å². The van der Waals surface area contributed by atoms with Crippen molar-refractivity contribution in [2.75, 3.05) is 18.6 Å². The topological polar surface area (TPSA) is 55.7 Å². The van der Waals surface area contributed by atoms with Crippen LogP contribution in [0.25, 0.3) is 0 Å². The summed E-state index contributed by atoms with van der Waals surface area (Å²) in [7, 11) is 0. The molecule has 0 spiro atoms. The Morgan fingerprint density at radius 3 is 2.50 bits per heavy atom. The monoisotopic (exact) mass is 387 g/mol. The Kier molecular flexibility index (Phi) is 6.68. The van der Waals surface area contributed by atoms with Crippen LogP contribution in [0.2, 0.25) is 5.02 Å². The largest absolute Gasteiger partial charge is 0.490 e. The quantitative estimate of drug-likeness (QED) is 0.536. The van der Waals surface area contributed by atoms with Gasteiger partial charge in [-0.2, -0.15) is 18.3 Å². The Labute approximate surface area is 153 Å². The van der Waals surface area contributed by atoms with Crippen LogP contribution in [0.15, 0.2) is 35.6 Å². The lowest BCUT2D eigenvalue weighted by atomic mass is 10.2. The Bertz CT molecular complexity index is 765. The molecule has 5 nitrogen and oxygen atoms in total. The van der Waals surface area contributed by atoms with Crippen molar-refractivity contribution in [3.63, 3.8) is 0 Å². The first-order valence-electron chi connectivity index (χ1n) is 7.76. The predicted molar refractivity (Wildman–Crippen MR) is 94.2 cm³/mol. The van der Waals surface area contributed by atoms with Crippen molar-refractivity contribution < 1.29 is 22.6 Å². The van der Waals surface area contributed by atoms with Gasteiger partial charge >= 0.3 is 6.18 Å². The molecule has 0 fully saturated rings. The molecular formula is C17H17ClF3N3O2. The molecule has 2 rings (SSSR count). The van der Waals surface area contributed by atoms with Crippen molar-refractivity contribution in [3.8, 4) is 11.5 Å². The third-order valence-corrected chi connectivity index (χ3v) is 3.38. The summed E-state index contributed by atoms with van der Waals surface area (Å²) in [4.78, 5) is 3.66. The van der Waals surface area contributed by atoms with Gasteiger partial charge in [0.1, 0.15) is 5.82 Å². The average Bonchev–Trinajstić information content (AvgIpc) is 2.58. The summed E-state index contributed by atoms with van der Waals surface area (Å²) in [5.74, 6) is 1.11. The molecule has 1 aromatic carbocycles. The number of hydrazone groups is 1. The van der Waals surface area contributed by atoms with Gasteiger partial charge in [-0.3, -0.25) is 5.43 Å². The number of anilines is 1.